The van der Waals surface area contributed by atoms with Gasteiger partial charge < -0.3 is 5.32 Å². The molecule has 1 atom stereocenters. The summed E-state index contributed by atoms with van der Waals surface area (Å²) in [5, 5.41) is 4.08. The Hall–Kier alpha value is -1.24. The summed E-state index contributed by atoms with van der Waals surface area (Å²) in [6.45, 7) is 6.99. The van der Waals surface area contributed by atoms with Crippen LogP contribution in [0.3, 0.4) is 0 Å². The number of benzene rings is 1. The van der Waals surface area contributed by atoms with Crippen LogP contribution in [0.15, 0.2) is 27.5 Å². The van der Waals surface area contributed by atoms with E-state index in [2.05, 4.69) is 33.1 Å². The van der Waals surface area contributed by atoms with Gasteiger partial charge in [-0.3, -0.25) is 14.3 Å². The average Bonchev–Trinajstić information content (AvgIpc) is 2.67. The smallest absolute Gasteiger partial charge is 0.261 e. The van der Waals surface area contributed by atoms with Gasteiger partial charge in [-0.15, -0.1) is 0 Å². The van der Waals surface area contributed by atoms with Crippen molar-refractivity contribution in [3.8, 4) is 0 Å². The first-order valence-corrected chi connectivity index (χ1v) is 10.5. The molecule has 2 aromatic rings. The minimum Gasteiger partial charge on any atom is -0.317 e. The lowest BCUT2D eigenvalue weighted by Crippen LogP contribution is -2.44. The minimum absolute atomic E-state index is 0.0695. The molecule has 142 valence electrons. The molecule has 1 saturated heterocycles. The molecule has 3 rings (SSSR count). The molecule has 0 bridgehead atoms. The monoisotopic (exact) mass is 420 g/mol. The Balaban J connectivity index is 2.05. The molecule has 1 N–H and O–H groups in total. The van der Waals surface area contributed by atoms with Crippen LogP contribution in [0.5, 0.6) is 0 Å². The van der Waals surface area contributed by atoms with E-state index in [1.165, 1.54) is 0 Å². The van der Waals surface area contributed by atoms with Gasteiger partial charge in [0.1, 0.15) is 5.82 Å². The summed E-state index contributed by atoms with van der Waals surface area (Å²) in [6.07, 6.45) is 4.40. The molecule has 0 amide bonds. The van der Waals surface area contributed by atoms with E-state index in [9.17, 15) is 4.79 Å². The van der Waals surface area contributed by atoms with E-state index >= 15 is 0 Å². The van der Waals surface area contributed by atoms with Gasteiger partial charge >= 0.3 is 0 Å². The van der Waals surface area contributed by atoms with Gasteiger partial charge in [-0.1, -0.05) is 29.3 Å². The van der Waals surface area contributed by atoms with E-state index in [1.54, 1.807) is 0 Å². The number of hydrogen-bond acceptors (Lipinski definition) is 4. The summed E-state index contributed by atoms with van der Waals surface area (Å²) >= 11 is 3.47. The fourth-order valence-corrected chi connectivity index (χ4v) is 4.38. The van der Waals surface area contributed by atoms with Crippen LogP contribution in [0, 0.1) is 0 Å². The Kier molecular flexibility index (Phi) is 6.48. The highest BCUT2D eigenvalue weighted by Gasteiger charge is 2.28. The van der Waals surface area contributed by atoms with E-state index in [-0.39, 0.29) is 11.6 Å². The van der Waals surface area contributed by atoms with Gasteiger partial charge in [0, 0.05) is 30.1 Å². The van der Waals surface area contributed by atoms with Crippen LogP contribution in [-0.2, 0) is 6.54 Å². The van der Waals surface area contributed by atoms with Gasteiger partial charge in [0.25, 0.3) is 5.56 Å². The Morgan fingerprint density at radius 3 is 2.65 bits per heavy atom. The largest absolute Gasteiger partial charge is 0.317 e. The van der Waals surface area contributed by atoms with Crippen molar-refractivity contribution in [1.82, 2.24) is 19.8 Å². The fraction of sp³-hybridized carbons (Fsp3) is 0.600. The van der Waals surface area contributed by atoms with Crippen LogP contribution in [0.25, 0.3) is 10.9 Å². The second kappa shape index (κ2) is 8.63. The van der Waals surface area contributed by atoms with Crippen LogP contribution in [0.4, 0.5) is 0 Å². The molecule has 0 saturated carbocycles. The van der Waals surface area contributed by atoms with Crippen LogP contribution in [0.2, 0.25) is 0 Å². The van der Waals surface area contributed by atoms with Gasteiger partial charge in [0.2, 0.25) is 0 Å². The SMILES string of the molecule is CCCC(c1nc2ccc(Br)cc2c(=O)n1CC)N1CCC(NC)CC1. The number of nitrogens with one attached hydrogen (secondary N) is 1. The zero-order valence-electron chi connectivity index (χ0n) is 16.0. The highest BCUT2D eigenvalue weighted by Crippen LogP contribution is 2.28. The van der Waals surface area contributed by atoms with E-state index in [0.717, 1.165) is 54.6 Å². The zero-order valence-corrected chi connectivity index (χ0v) is 17.6. The third kappa shape index (κ3) is 3.87. The molecular formula is C20H29BrN4O. The highest BCUT2D eigenvalue weighted by atomic mass is 79.9. The fourth-order valence-electron chi connectivity index (χ4n) is 4.02. The summed E-state index contributed by atoms with van der Waals surface area (Å²) < 4.78 is 2.79. The van der Waals surface area contributed by atoms with Gasteiger partial charge in [0.05, 0.1) is 16.9 Å². The molecule has 0 radical (unpaired) electrons. The van der Waals surface area contributed by atoms with Crippen molar-refractivity contribution < 1.29 is 0 Å². The molecule has 26 heavy (non-hydrogen) atoms. The second-order valence-corrected chi connectivity index (χ2v) is 8.00. The first-order valence-electron chi connectivity index (χ1n) is 9.70. The topological polar surface area (TPSA) is 50.2 Å². The first kappa shape index (κ1) is 19.5. The number of halogens is 1. The van der Waals surface area contributed by atoms with Crippen molar-refractivity contribution in [3.05, 3.63) is 38.9 Å². The summed E-state index contributed by atoms with van der Waals surface area (Å²) in [6, 6.07) is 6.60. The van der Waals surface area contributed by atoms with E-state index in [1.807, 2.05) is 36.7 Å². The maximum absolute atomic E-state index is 13.1. The minimum atomic E-state index is 0.0695. The number of aromatic nitrogens is 2. The average molecular weight is 421 g/mol. The molecule has 1 fully saturated rings. The molecule has 1 aliphatic heterocycles. The number of piperidine rings is 1. The molecule has 1 aliphatic rings. The number of likely N-dealkylation sites (tertiary alicyclic amines) is 1. The van der Waals surface area contributed by atoms with Gasteiger partial charge in [-0.2, -0.15) is 0 Å². The van der Waals surface area contributed by atoms with Crippen molar-refractivity contribution >= 4 is 26.8 Å². The van der Waals surface area contributed by atoms with Crippen LogP contribution in [-0.4, -0.2) is 40.6 Å². The van der Waals surface area contributed by atoms with E-state index in [0.29, 0.717) is 18.0 Å². The quantitative estimate of drug-likeness (QED) is 0.773. The van der Waals surface area contributed by atoms with Crippen molar-refractivity contribution in [2.24, 2.45) is 0 Å². The summed E-state index contributed by atoms with van der Waals surface area (Å²) in [5.41, 5.74) is 0.865. The third-order valence-corrected chi connectivity index (χ3v) is 5.99. The summed E-state index contributed by atoms with van der Waals surface area (Å²) in [5.74, 6) is 0.928. The molecular weight excluding hydrogens is 392 g/mol. The molecule has 0 spiro atoms. The Labute approximate surface area is 163 Å². The van der Waals surface area contributed by atoms with Crippen LogP contribution in [0.1, 0.15) is 51.4 Å². The molecule has 5 nitrogen and oxygen atoms in total. The molecule has 2 heterocycles. The van der Waals surface area contributed by atoms with Crippen molar-refractivity contribution in [2.45, 2.75) is 58.2 Å². The van der Waals surface area contributed by atoms with E-state index < -0.39 is 0 Å². The highest BCUT2D eigenvalue weighted by molar-refractivity contribution is 9.10. The Morgan fingerprint density at radius 1 is 1.31 bits per heavy atom. The predicted molar refractivity (Wildman–Crippen MR) is 111 cm³/mol. The Morgan fingerprint density at radius 2 is 2.04 bits per heavy atom. The van der Waals surface area contributed by atoms with Crippen molar-refractivity contribution in [2.75, 3.05) is 20.1 Å². The van der Waals surface area contributed by atoms with Gasteiger partial charge in [-0.25, -0.2) is 4.98 Å². The molecule has 1 aromatic heterocycles. The standard InChI is InChI=1S/C20H29BrN4O/c1-4-6-18(24-11-9-15(22-3)10-12-24)19-23-17-8-7-14(21)13-16(17)20(26)25(19)5-2/h7-8,13,15,18,22H,4-6,9-12H2,1-3H3. The second-order valence-electron chi connectivity index (χ2n) is 7.08. The summed E-state index contributed by atoms with van der Waals surface area (Å²) in [7, 11) is 2.04. The van der Waals surface area contributed by atoms with Crippen LogP contribution < -0.4 is 10.9 Å². The number of fused-ring (bicyclic) bond motifs is 1. The van der Waals surface area contributed by atoms with Crippen LogP contribution >= 0.6 is 15.9 Å². The lowest BCUT2D eigenvalue weighted by molar-refractivity contribution is 0.129. The van der Waals surface area contributed by atoms with E-state index in [4.69, 9.17) is 4.98 Å². The van der Waals surface area contributed by atoms with Crippen molar-refractivity contribution in [1.29, 1.82) is 0 Å². The third-order valence-electron chi connectivity index (χ3n) is 5.50. The lowest BCUT2D eigenvalue weighted by atomic mass is 10.0. The lowest BCUT2D eigenvalue weighted by Gasteiger charge is -2.37. The van der Waals surface area contributed by atoms with Gasteiger partial charge in [-0.05, 0) is 51.4 Å². The number of rotatable bonds is 6. The van der Waals surface area contributed by atoms with Gasteiger partial charge in [0.15, 0.2) is 0 Å². The molecule has 1 unspecified atom stereocenters. The maximum Gasteiger partial charge on any atom is 0.261 e. The normalized spacial score (nSPS) is 17.7. The zero-order chi connectivity index (χ0) is 18.7. The number of hydrogen-bond donors (Lipinski definition) is 1. The maximum atomic E-state index is 13.1. The molecule has 1 aromatic carbocycles. The Bertz CT molecular complexity index is 811. The first-order chi connectivity index (χ1) is 12.6. The molecule has 6 heteroatoms. The number of nitrogens with zero attached hydrogens (tertiary/aromatic N) is 3. The predicted octanol–water partition coefficient (Wildman–Crippen LogP) is 3.70. The van der Waals surface area contributed by atoms with Crippen molar-refractivity contribution in [3.63, 3.8) is 0 Å². The molecule has 0 aliphatic carbocycles. The summed E-state index contributed by atoms with van der Waals surface area (Å²) in [4.78, 5) is 20.6.